The Bertz CT molecular complexity index is 209. The van der Waals surface area contributed by atoms with Gasteiger partial charge in [-0.2, -0.15) is 0 Å². The van der Waals surface area contributed by atoms with Gasteiger partial charge in [-0.05, 0) is 51.7 Å². The zero-order chi connectivity index (χ0) is 13.4. The van der Waals surface area contributed by atoms with Crippen LogP contribution in [-0.2, 0) is 4.74 Å². The maximum Gasteiger partial charge on any atom is 0.0622 e. The van der Waals surface area contributed by atoms with Gasteiger partial charge in [0.2, 0.25) is 0 Å². The molecule has 0 aromatic carbocycles. The zero-order valence-electron chi connectivity index (χ0n) is 12.7. The van der Waals surface area contributed by atoms with Crippen LogP contribution in [0.15, 0.2) is 0 Å². The summed E-state index contributed by atoms with van der Waals surface area (Å²) < 4.78 is 5.60. The minimum absolute atomic E-state index is 0.503. The van der Waals surface area contributed by atoms with E-state index in [1.165, 1.54) is 38.9 Å². The van der Waals surface area contributed by atoms with Crippen molar-refractivity contribution in [2.75, 3.05) is 32.8 Å². The molecule has 0 spiro atoms. The van der Waals surface area contributed by atoms with Gasteiger partial charge in [-0.1, -0.05) is 20.8 Å². The quantitative estimate of drug-likeness (QED) is 0.757. The lowest BCUT2D eigenvalue weighted by Crippen LogP contribution is -2.44. The van der Waals surface area contributed by atoms with Crippen molar-refractivity contribution in [2.45, 2.75) is 59.0 Å². The largest absolute Gasteiger partial charge is 0.380 e. The third-order valence-corrected chi connectivity index (χ3v) is 4.02. The second kappa shape index (κ2) is 8.89. The van der Waals surface area contributed by atoms with Crippen molar-refractivity contribution in [2.24, 2.45) is 5.92 Å². The maximum atomic E-state index is 5.60. The second-order valence-corrected chi connectivity index (χ2v) is 5.74. The molecule has 1 N–H and O–H groups in total. The van der Waals surface area contributed by atoms with Gasteiger partial charge in [-0.3, -0.25) is 0 Å². The average Bonchev–Trinajstić information content (AvgIpc) is 2.59. The van der Waals surface area contributed by atoms with E-state index < -0.39 is 0 Å². The van der Waals surface area contributed by atoms with Gasteiger partial charge in [0.15, 0.2) is 0 Å². The van der Waals surface area contributed by atoms with Crippen LogP contribution >= 0.6 is 0 Å². The van der Waals surface area contributed by atoms with E-state index in [4.69, 9.17) is 4.74 Å². The molecule has 0 saturated carbocycles. The molecular formula is C15H32N2O. The van der Waals surface area contributed by atoms with Crippen molar-refractivity contribution in [3.05, 3.63) is 0 Å². The molecule has 2 atom stereocenters. The van der Waals surface area contributed by atoms with Gasteiger partial charge in [-0.15, -0.1) is 0 Å². The molecule has 0 aromatic rings. The van der Waals surface area contributed by atoms with E-state index in [1.807, 2.05) is 0 Å². The SMILES string of the molecule is CCOCC(NC1CCCN(CC)CC1)C(C)C. The van der Waals surface area contributed by atoms with Gasteiger partial charge in [-0.25, -0.2) is 0 Å². The summed E-state index contributed by atoms with van der Waals surface area (Å²) in [4.78, 5) is 2.56. The van der Waals surface area contributed by atoms with Crippen molar-refractivity contribution >= 4 is 0 Å². The summed E-state index contributed by atoms with van der Waals surface area (Å²) in [5.74, 6) is 0.641. The van der Waals surface area contributed by atoms with Crippen LogP contribution in [0, 0.1) is 5.92 Å². The smallest absolute Gasteiger partial charge is 0.0622 e. The molecule has 1 heterocycles. The summed E-state index contributed by atoms with van der Waals surface area (Å²) in [6.07, 6.45) is 3.92. The molecule has 1 aliphatic rings. The lowest BCUT2D eigenvalue weighted by molar-refractivity contribution is 0.102. The lowest BCUT2D eigenvalue weighted by atomic mass is 10.0. The summed E-state index contributed by atoms with van der Waals surface area (Å²) in [7, 11) is 0. The molecule has 2 unspecified atom stereocenters. The van der Waals surface area contributed by atoms with Crippen molar-refractivity contribution in [3.63, 3.8) is 0 Å². The first-order valence-corrected chi connectivity index (χ1v) is 7.73. The number of nitrogens with zero attached hydrogens (tertiary/aromatic N) is 1. The molecule has 1 rings (SSSR count). The predicted octanol–water partition coefficient (Wildman–Crippen LogP) is 2.51. The van der Waals surface area contributed by atoms with Crippen molar-refractivity contribution < 1.29 is 4.74 Å². The number of hydrogen-bond donors (Lipinski definition) is 1. The summed E-state index contributed by atoms with van der Waals surface area (Å²) in [5.41, 5.74) is 0. The molecule has 0 aliphatic carbocycles. The normalized spacial score (nSPS) is 24.2. The van der Waals surface area contributed by atoms with E-state index in [0.29, 0.717) is 18.0 Å². The third-order valence-electron chi connectivity index (χ3n) is 4.02. The van der Waals surface area contributed by atoms with Crippen molar-refractivity contribution in [1.29, 1.82) is 0 Å². The Morgan fingerprint density at radius 1 is 1.22 bits per heavy atom. The Hall–Kier alpha value is -0.120. The predicted molar refractivity (Wildman–Crippen MR) is 78.0 cm³/mol. The van der Waals surface area contributed by atoms with E-state index in [0.717, 1.165) is 13.2 Å². The molecule has 0 aromatic heterocycles. The number of ether oxygens (including phenoxy) is 1. The maximum absolute atomic E-state index is 5.60. The monoisotopic (exact) mass is 256 g/mol. The second-order valence-electron chi connectivity index (χ2n) is 5.74. The molecule has 0 amide bonds. The molecule has 1 fully saturated rings. The first-order valence-electron chi connectivity index (χ1n) is 7.73. The van der Waals surface area contributed by atoms with Crippen LogP contribution < -0.4 is 5.32 Å². The van der Waals surface area contributed by atoms with E-state index >= 15 is 0 Å². The molecule has 3 nitrogen and oxygen atoms in total. The topological polar surface area (TPSA) is 24.5 Å². The number of rotatable bonds is 7. The van der Waals surface area contributed by atoms with Crippen LogP contribution in [0.5, 0.6) is 0 Å². The number of hydrogen-bond acceptors (Lipinski definition) is 3. The number of nitrogens with one attached hydrogen (secondary N) is 1. The Morgan fingerprint density at radius 2 is 2.00 bits per heavy atom. The lowest BCUT2D eigenvalue weighted by Gasteiger charge is -2.27. The summed E-state index contributed by atoms with van der Waals surface area (Å²) in [5, 5.41) is 3.82. The summed E-state index contributed by atoms with van der Waals surface area (Å²) in [6, 6.07) is 1.18. The van der Waals surface area contributed by atoms with Crippen LogP contribution in [0.4, 0.5) is 0 Å². The Kier molecular flexibility index (Phi) is 7.87. The Morgan fingerprint density at radius 3 is 2.61 bits per heavy atom. The fourth-order valence-corrected chi connectivity index (χ4v) is 2.62. The fourth-order valence-electron chi connectivity index (χ4n) is 2.62. The molecule has 3 heteroatoms. The van der Waals surface area contributed by atoms with Gasteiger partial charge in [0.05, 0.1) is 6.61 Å². The van der Waals surface area contributed by atoms with E-state index in [2.05, 4.69) is 37.9 Å². The molecule has 108 valence electrons. The minimum atomic E-state index is 0.503. The van der Waals surface area contributed by atoms with Gasteiger partial charge in [0.1, 0.15) is 0 Å². The molecule has 1 aliphatic heterocycles. The van der Waals surface area contributed by atoms with Crippen molar-refractivity contribution in [3.8, 4) is 0 Å². The van der Waals surface area contributed by atoms with Crippen LogP contribution in [0.1, 0.15) is 47.0 Å². The third kappa shape index (κ3) is 5.68. The van der Waals surface area contributed by atoms with Crippen LogP contribution in [0.2, 0.25) is 0 Å². The molecule has 0 radical (unpaired) electrons. The molecular weight excluding hydrogens is 224 g/mol. The summed E-state index contributed by atoms with van der Waals surface area (Å²) in [6.45, 7) is 14.3. The van der Waals surface area contributed by atoms with Gasteiger partial charge in [0.25, 0.3) is 0 Å². The zero-order valence-corrected chi connectivity index (χ0v) is 12.7. The van der Waals surface area contributed by atoms with Crippen LogP contribution in [-0.4, -0.2) is 49.8 Å². The highest BCUT2D eigenvalue weighted by Gasteiger charge is 2.21. The fraction of sp³-hybridized carbons (Fsp3) is 1.00. The first-order chi connectivity index (χ1) is 8.67. The van der Waals surface area contributed by atoms with Gasteiger partial charge in [0, 0.05) is 18.7 Å². The average molecular weight is 256 g/mol. The highest BCUT2D eigenvalue weighted by molar-refractivity contribution is 4.80. The van der Waals surface area contributed by atoms with Gasteiger partial charge >= 0.3 is 0 Å². The first kappa shape index (κ1) is 15.9. The Balaban J connectivity index is 2.38. The molecule has 0 bridgehead atoms. The molecule has 1 saturated heterocycles. The van der Waals surface area contributed by atoms with Crippen LogP contribution in [0.25, 0.3) is 0 Å². The number of likely N-dealkylation sites (tertiary alicyclic amines) is 1. The van der Waals surface area contributed by atoms with E-state index in [1.54, 1.807) is 0 Å². The van der Waals surface area contributed by atoms with Gasteiger partial charge < -0.3 is 15.0 Å². The highest BCUT2D eigenvalue weighted by Crippen LogP contribution is 2.13. The minimum Gasteiger partial charge on any atom is -0.380 e. The van der Waals surface area contributed by atoms with Crippen molar-refractivity contribution in [1.82, 2.24) is 10.2 Å². The van der Waals surface area contributed by atoms with E-state index in [9.17, 15) is 0 Å². The Labute approximate surface area is 113 Å². The van der Waals surface area contributed by atoms with E-state index in [-0.39, 0.29) is 0 Å². The standard InChI is InChI=1S/C15H32N2O/c1-5-17-10-7-8-14(9-11-17)16-15(13(3)4)12-18-6-2/h13-16H,5-12H2,1-4H3. The summed E-state index contributed by atoms with van der Waals surface area (Å²) >= 11 is 0. The van der Waals surface area contributed by atoms with Crippen LogP contribution in [0.3, 0.4) is 0 Å². The highest BCUT2D eigenvalue weighted by atomic mass is 16.5. The molecule has 18 heavy (non-hydrogen) atoms.